The smallest absolute Gasteiger partial charge is 0.291 e. The number of hydrogen-bond donors (Lipinski definition) is 1. The number of carbonyl (C=O) groups excluding carboxylic acids is 1. The average Bonchev–Trinajstić information content (AvgIpc) is 3.43. The standard InChI is InChI=1S/C27H22N2O3/c1-16-8-9-19(14-18(16)3)23-12-13-25(31-23)26(30)28-20-10-11-24-22(15-20)29-27(32-24)21-7-5-4-6-17(21)2/h4-15H,1-3H3,(H,28,30). The van der Waals surface area contributed by atoms with Crippen LogP contribution in [0.2, 0.25) is 0 Å². The molecule has 0 radical (unpaired) electrons. The molecular formula is C27H22N2O3. The Morgan fingerprint density at radius 1 is 0.812 bits per heavy atom. The molecule has 0 unspecified atom stereocenters. The molecule has 32 heavy (non-hydrogen) atoms. The van der Waals surface area contributed by atoms with Crippen molar-refractivity contribution in [3.05, 3.63) is 95.2 Å². The second-order valence-electron chi connectivity index (χ2n) is 7.93. The minimum Gasteiger partial charge on any atom is -0.451 e. The van der Waals surface area contributed by atoms with Gasteiger partial charge in [-0.1, -0.05) is 30.3 Å². The molecule has 5 aromatic rings. The van der Waals surface area contributed by atoms with Gasteiger partial charge in [-0.2, -0.15) is 0 Å². The molecule has 0 spiro atoms. The molecule has 0 aliphatic carbocycles. The summed E-state index contributed by atoms with van der Waals surface area (Å²) < 4.78 is 11.7. The van der Waals surface area contributed by atoms with Crippen LogP contribution in [0.1, 0.15) is 27.2 Å². The summed E-state index contributed by atoms with van der Waals surface area (Å²) in [6.07, 6.45) is 0. The highest BCUT2D eigenvalue weighted by molar-refractivity contribution is 6.03. The van der Waals surface area contributed by atoms with Crippen LogP contribution < -0.4 is 5.32 Å². The van der Waals surface area contributed by atoms with Gasteiger partial charge in [-0.15, -0.1) is 0 Å². The number of benzene rings is 3. The van der Waals surface area contributed by atoms with E-state index < -0.39 is 0 Å². The lowest BCUT2D eigenvalue weighted by Crippen LogP contribution is -2.10. The normalized spacial score (nSPS) is 11.1. The van der Waals surface area contributed by atoms with Crippen molar-refractivity contribution in [1.29, 1.82) is 0 Å². The monoisotopic (exact) mass is 422 g/mol. The zero-order chi connectivity index (χ0) is 22.2. The van der Waals surface area contributed by atoms with E-state index in [9.17, 15) is 4.79 Å². The number of aryl methyl sites for hydroxylation is 3. The highest BCUT2D eigenvalue weighted by atomic mass is 16.4. The van der Waals surface area contributed by atoms with E-state index in [0.717, 1.165) is 16.7 Å². The van der Waals surface area contributed by atoms with Gasteiger partial charge in [0.1, 0.15) is 11.3 Å². The molecule has 5 rings (SSSR count). The number of oxazole rings is 1. The molecule has 3 aromatic carbocycles. The molecule has 2 aromatic heterocycles. The van der Waals surface area contributed by atoms with Crippen LogP contribution in [-0.2, 0) is 0 Å². The maximum atomic E-state index is 12.7. The maximum absolute atomic E-state index is 12.7. The van der Waals surface area contributed by atoms with E-state index in [1.54, 1.807) is 18.2 Å². The van der Waals surface area contributed by atoms with Crippen LogP contribution in [0.3, 0.4) is 0 Å². The van der Waals surface area contributed by atoms with Crippen molar-refractivity contribution in [3.63, 3.8) is 0 Å². The number of amides is 1. The van der Waals surface area contributed by atoms with E-state index in [2.05, 4.69) is 30.2 Å². The first-order valence-corrected chi connectivity index (χ1v) is 10.4. The first kappa shape index (κ1) is 19.8. The molecule has 0 saturated carbocycles. The highest BCUT2D eigenvalue weighted by Gasteiger charge is 2.15. The number of aromatic nitrogens is 1. The largest absolute Gasteiger partial charge is 0.451 e. The molecular weight excluding hydrogens is 400 g/mol. The van der Waals surface area contributed by atoms with Crippen LogP contribution >= 0.6 is 0 Å². The summed E-state index contributed by atoms with van der Waals surface area (Å²) in [5, 5.41) is 2.88. The Morgan fingerprint density at radius 2 is 1.66 bits per heavy atom. The molecule has 1 N–H and O–H groups in total. The molecule has 0 fully saturated rings. The summed E-state index contributed by atoms with van der Waals surface area (Å²) in [6, 6.07) is 22.9. The number of carbonyl (C=O) groups is 1. The van der Waals surface area contributed by atoms with Gasteiger partial charge in [-0.25, -0.2) is 4.98 Å². The highest BCUT2D eigenvalue weighted by Crippen LogP contribution is 2.29. The average molecular weight is 422 g/mol. The van der Waals surface area contributed by atoms with Gasteiger partial charge in [0.15, 0.2) is 11.3 Å². The van der Waals surface area contributed by atoms with E-state index in [4.69, 9.17) is 8.83 Å². The Bertz CT molecular complexity index is 1460. The fourth-order valence-corrected chi connectivity index (χ4v) is 3.64. The zero-order valence-corrected chi connectivity index (χ0v) is 18.1. The van der Waals surface area contributed by atoms with Crippen molar-refractivity contribution in [2.75, 3.05) is 5.32 Å². The van der Waals surface area contributed by atoms with Gasteiger partial charge in [-0.05, 0) is 79.9 Å². The van der Waals surface area contributed by atoms with Crippen LogP contribution in [0.5, 0.6) is 0 Å². The van der Waals surface area contributed by atoms with Gasteiger partial charge in [0.25, 0.3) is 5.91 Å². The number of anilines is 1. The van der Waals surface area contributed by atoms with Crippen molar-refractivity contribution in [3.8, 4) is 22.8 Å². The number of hydrogen-bond acceptors (Lipinski definition) is 4. The van der Waals surface area contributed by atoms with Gasteiger partial charge < -0.3 is 14.2 Å². The van der Waals surface area contributed by atoms with Gasteiger partial charge >= 0.3 is 0 Å². The predicted molar refractivity (Wildman–Crippen MR) is 126 cm³/mol. The third kappa shape index (κ3) is 3.69. The number of fused-ring (bicyclic) bond motifs is 1. The molecule has 2 heterocycles. The predicted octanol–water partition coefficient (Wildman–Crippen LogP) is 6.93. The van der Waals surface area contributed by atoms with Crippen molar-refractivity contribution >= 4 is 22.7 Å². The summed E-state index contributed by atoms with van der Waals surface area (Å²) in [6.45, 7) is 6.14. The first-order valence-electron chi connectivity index (χ1n) is 10.4. The second kappa shape index (κ2) is 7.85. The van der Waals surface area contributed by atoms with Gasteiger partial charge in [0, 0.05) is 16.8 Å². The van der Waals surface area contributed by atoms with Gasteiger partial charge in [0.05, 0.1) is 0 Å². The zero-order valence-electron chi connectivity index (χ0n) is 18.1. The third-order valence-corrected chi connectivity index (χ3v) is 5.64. The summed E-state index contributed by atoms with van der Waals surface area (Å²) in [5.74, 6) is 1.15. The molecule has 0 atom stereocenters. The van der Waals surface area contributed by atoms with Crippen LogP contribution in [0.4, 0.5) is 5.69 Å². The van der Waals surface area contributed by atoms with E-state index in [-0.39, 0.29) is 11.7 Å². The van der Waals surface area contributed by atoms with E-state index >= 15 is 0 Å². The van der Waals surface area contributed by atoms with Crippen LogP contribution in [0.15, 0.2) is 81.6 Å². The molecule has 0 aliphatic rings. The Morgan fingerprint density at radius 3 is 2.47 bits per heavy atom. The van der Waals surface area contributed by atoms with Crippen molar-refractivity contribution in [1.82, 2.24) is 4.98 Å². The number of nitrogens with zero attached hydrogens (tertiary/aromatic N) is 1. The van der Waals surface area contributed by atoms with E-state index in [1.165, 1.54) is 11.1 Å². The number of nitrogens with one attached hydrogen (secondary N) is 1. The molecule has 0 bridgehead atoms. The topological polar surface area (TPSA) is 68.3 Å². The van der Waals surface area contributed by atoms with Crippen LogP contribution in [0.25, 0.3) is 33.9 Å². The van der Waals surface area contributed by atoms with E-state index in [1.807, 2.05) is 55.5 Å². The lowest BCUT2D eigenvalue weighted by Gasteiger charge is -2.04. The van der Waals surface area contributed by atoms with E-state index in [0.29, 0.717) is 28.4 Å². The number of rotatable bonds is 4. The molecule has 5 nitrogen and oxygen atoms in total. The Kier molecular flexibility index (Phi) is 4.86. The molecule has 5 heteroatoms. The summed E-state index contributed by atoms with van der Waals surface area (Å²) in [4.78, 5) is 17.3. The second-order valence-corrected chi connectivity index (χ2v) is 7.93. The fraction of sp³-hybridized carbons (Fsp3) is 0.111. The van der Waals surface area contributed by atoms with Crippen molar-refractivity contribution in [2.45, 2.75) is 20.8 Å². The fourth-order valence-electron chi connectivity index (χ4n) is 3.64. The van der Waals surface area contributed by atoms with Gasteiger partial charge in [-0.3, -0.25) is 4.79 Å². The minimum atomic E-state index is -0.318. The lowest BCUT2D eigenvalue weighted by atomic mass is 10.1. The minimum absolute atomic E-state index is 0.249. The summed E-state index contributed by atoms with van der Waals surface area (Å²) in [5.41, 5.74) is 7.33. The SMILES string of the molecule is Cc1ccc(-c2ccc(C(=O)Nc3ccc4oc(-c5ccccc5C)nc4c3)o2)cc1C. The van der Waals surface area contributed by atoms with Gasteiger partial charge in [0.2, 0.25) is 5.89 Å². The van der Waals surface area contributed by atoms with Crippen LogP contribution in [-0.4, -0.2) is 10.9 Å². The van der Waals surface area contributed by atoms with Crippen molar-refractivity contribution in [2.24, 2.45) is 0 Å². The summed E-state index contributed by atoms with van der Waals surface area (Å²) >= 11 is 0. The Hall–Kier alpha value is -4.12. The number of furan rings is 1. The summed E-state index contributed by atoms with van der Waals surface area (Å²) in [7, 11) is 0. The molecule has 0 aliphatic heterocycles. The first-order chi connectivity index (χ1) is 15.5. The molecule has 158 valence electrons. The molecule has 0 saturated heterocycles. The van der Waals surface area contributed by atoms with Crippen LogP contribution in [0, 0.1) is 20.8 Å². The molecule has 1 amide bonds. The lowest BCUT2D eigenvalue weighted by molar-refractivity contribution is 0.0997. The maximum Gasteiger partial charge on any atom is 0.291 e. The Balaban J connectivity index is 1.37. The Labute approximate surface area is 185 Å². The van der Waals surface area contributed by atoms with Crippen molar-refractivity contribution < 1.29 is 13.6 Å². The quantitative estimate of drug-likeness (QED) is 0.341. The third-order valence-electron chi connectivity index (χ3n) is 5.64.